The number of aromatic nitrogens is 7. The number of fused-ring (bicyclic) bond motifs is 1. The molecule has 0 saturated heterocycles. The third-order valence-corrected chi connectivity index (χ3v) is 5.85. The highest BCUT2D eigenvalue weighted by atomic mass is 16.5. The van der Waals surface area contributed by atoms with E-state index >= 15 is 0 Å². The van der Waals surface area contributed by atoms with Gasteiger partial charge in [-0.2, -0.15) is 10.2 Å². The molecule has 0 amide bonds. The summed E-state index contributed by atoms with van der Waals surface area (Å²) in [7, 11) is 0. The summed E-state index contributed by atoms with van der Waals surface area (Å²) in [5.41, 5.74) is 4.02. The van der Waals surface area contributed by atoms with Crippen LogP contribution in [-0.4, -0.2) is 34.6 Å². The summed E-state index contributed by atoms with van der Waals surface area (Å²) in [5, 5.41) is 18.1. The lowest BCUT2D eigenvalue weighted by Crippen LogP contribution is -2.08. The van der Waals surface area contributed by atoms with E-state index in [9.17, 15) is 0 Å². The summed E-state index contributed by atoms with van der Waals surface area (Å²) in [6.45, 7) is 5.12. The molecule has 1 fully saturated rings. The molecule has 8 nitrogen and oxygen atoms in total. The SMILES string of the molecule is CCn1ncnc1COc1nn2c(-c3ccccc3)nnc(C)c2c1C1CCCC1. The van der Waals surface area contributed by atoms with E-state index in [-0.39, 0.29) is 0 Å². The van der Waals surface area contributed by atoms with Gasteiger partial charge in [-0.15, -0.1) is 10.2 Å². The molecule has 154 valence electrons. The van der Waals surface area contributed by atoms with Gasteiger partial charge in [0.05, 0.1) is 11.2 Å². The minimum Gasteiger partial charge on any atom is -0.468 e. The predicted octanol–water partition coefficient (Wildman–Crippen LogP) is 3.95. The molecule has 8 heteroatoms. The van der Waals surface area contributed by atoms with E-state index in [0.717, 1.165) is 53.4 Å². The van der Waals surface area contributed by atoms with Crippen molar-refractivity contribution in [3.05, 3.63) is 53.7 Å². The van der Waals surface area contributed by atoms with Gasteiger partial charge in [-0.3, -0.25) is 0 Å². The fraction of sp³-hybridized carbons (Fsp3) is 0.409. The van der Waals surface area contributed by atoms with Gasteiger partial charge in [0.15, 0.2) is 11.6 Å². The first-order valence-electron chi connectivity index (χ1n) is 10.6. The Morgan fingerprint density at radius 2 is 1.90 bits per heavy atom. The number of ether oxygens (including phenoxy) is 1. The first-order valence-corrected chi connectivity index (χ1v) is 10.6. The Labute approximate surface area is 174 Å². The molecule has 0 N–H and O–H groups in total. The Morgan fingerprint density at radius 3 is 2.67 bits per heavy atom. The van der Waals surface area contributed by atoms with Crippen LogP contribution in [0.5, 0.6) is 5.88 Å². The first-order chi connectivity index (χ1) is 14.8. The number of rotatable bonds is 6. The molecule has 1 saturated carbocycles. The van der Waals surface area contributed by atoms with Gasteiger partial charge in [-0.1, -0.05) is 43.2 Å². The van der Waals surface area contributed by atoms with Crippen LogP contribution in [0, 0.1) is 6.92 Å². The lowest BCUT2D eigenvalue weighted by Gasteiger charge is -2.12. The van der Waals surface area contributed by atoms with Crippen LogP contribution in [0.2, 0.25) is 0 Å². The molecular formula is C22H25N7O. The zero-order chi connectivity index (χ0) is 20.5. The van der Waals surface area contributed by atoms with Crippen LogP contribution in [0.4, 0.5) is 0 Å². The van der Waals surface area contributed by atoms with Gasteiger partial charge in [0.2, 0.25) is 5.88 Å². The smallest absolute Gasteiger partial charge is 0.237 e. The summed E-state index contributed by atoms with van der Waals surface area (Å²) in [5.74, 6) is 2.60. The van der Waals surface area contributed by atoms with Crippen molar-refractivity contribution in [3.63, 3.8) is 0 Å². The molecule has 0 bridgehead atoms. The monoisotopic (exact) mass is 403 g/mol. The molecular weight excluding hydrogens is 378 g/mol. The van der Waals surface area contributed by atoms with Gasteiger partial charge in [-0.05, 0) is 32.6 Å². The fourth-order valence-electron chi connectivity index (χ4n) is 4.38. The molecule has 0 spiro atoms. The predicted molar refractivity (Wildman–Crippen MR) is 112 cm³/mol. The van der Waals surface area contributed by atoms with E-state index < -0.39 is 0 Å². The average Bonchev–Trinajstić information content (AvgIpc) is 3.52. The lowest BCUT2D eigenvalue weighted by atomic mass is 9.98. The van der Waals surface area contributed by atoms with E-state index in [2.05, 4.69) is 20.3 Å². The zero-order valence-corrected chi connectivity index (χ0v) is 17.3. The summed E-state index contributed by atoms with van der Waals surface area (Å²) >= 11 is 0. The van der Waals surface area contributed by atoms with Crippen molar-refractivity contribution in [3.8, 4) is 17.3 Å². The van der Waals surface area contributed by atoms with E-state index in [4.69, 9.17) is 9.84 Å². The highest BCUT2D eigenvalue weighted by Crippen LogP contribution is 2.42. The van der Waals surface area contributed by atoms with Gasteiger partial charge >= 0.3 is 0 Å². The molecule has 3 heterocycles. The molecule has 1 aromatic carbocycles. The molecule has 0 unspecified atom stereocenters. The van der Waals surface area contributed by atoms with Crippen LogP contribution in [-0.2, 0) is 13.2 Å². The summed E-state index contributed by atoms with van der Waals surface area (Å²) in [6, 6.07) is 10.0. The van der Waals surface area contributed by atoms with Crippen LogP contribution in [0.25, 0.3) is 16.9 Å². The number of benzene rings is 1. The van der Waals surface area contributed by atoms with Crippen molar-refractivity contribution >= 4 is 5.52 Å². The molecule has 3 aromatic heterocycles. The van der Waals surface area contributed by atoms with Gasteiger partial charge in [-0.25, -0.2) is 14.2 Å². The van der Waals surface area contributed by atoms with Crippen LogP contribution in [0.1, 0.15) is 55.6 Å². The fourth-order valence-corrected chi connectivity index (χ4v) is 4.38. The van der Waals surface area contributed by atoms with Crippen molar-refractivity contribution in [2.45, 2.75) is 58.6 Å². The van der Waals surface area contributed by atoms with Crippen LogP contribution >= 0.6 is 0 Å². The molecule has 1 aliphatic rings. The quantitative estimate of drug-likeness (QED) is 0.485. The third-order valence-electron chi connectivity index (χ3n) is 5.85. The number of hydrogen-bond acceptors (Lipinski definition) is 6. The van der Waals surface area contributed by atoms with Gasteiger partial charge in [0, 0.05) is 17.7 Å². The molecule has 5 rings (SSSR count). The second-order valence-electron chi connectivity index (χ2n) is 7.72. The van der Waals surface area contributed by atoms with Gasteiger partial charge in [0.25, 0.3) is 0 Å². The van der Waals surface area contributed by atoms with Crippen LogP contribution in [0.3, 0.4) is 0 Å². The standard InChI is InChI=1S/C22H25N7O/c1-3-28-18(23-14-24-28)13-30-22-19(16-9-7-8-10-16)20-15(2)25-26-21(29(20)27-22)17-11-5-4-6-12-17/h4-6,11-12,14,16H,3,7-10,13H2,1-2H3. The normalized spacial score (nSPS) is 14.6. The van der Waals surface area contributed by atoms with Crippen molar-refractivity contribution in [1.82, 2.24) is 34.6 Å². The highest BCUT2D eigenvalue weighted by Gasteiger charge is 2.29. The Morgan fingerprint density at radius 1 is 1.10 bits per heavy atom. The number of aryl methyl sites for hydroxylation is 2. The van der Waals surface area contributed by atoms with E-state index in [1.54, 1.807) is 6.33 Å². The van der Waals surface area contributed by atoms with Crippen molar-refractivity contribution in [1.29, 1.82) is 0 Å². The topological polar surface area (TPSA) is 83.0 Å². The largest absolute Gasteiger partial charge is 0.468 e. The molecule has 4 aromatic rings. The van der Waals surface area contributed by atoms with Crippen LogP contribution < -0.4 is 4.74 Å². The second kappa shape index (κ2) is 7.85. The Balaban J connectivity index is 1.63. The van der Waals surface area contributed by atoms with Crippen molar-refractivity contribution in [2.75, 3.05) is 0 Å². The molecule has 0 radical (unpaired) electrons. The maximum atomic E-state index is 6.26. The van der Waals surface area contributed by atoms with Crippen molar-refractivity contribution < 1.29 is 4.74 Å². The maximum absolute atomic E-state index is 6.26. The molecule has 1 aliphatic carbocycles. The molecule has 0 atom stereocenters. The van der Waals surface area contributed by atoms with Gasteiger partial charge < -0.3 is 4.74 Å². The second-order valence-corrected chi connectivity index (χ2v) is 7.72. The first kappa shape index (κ1) is 18.7. The van der Waals surface area contributed by atoms with E-state index in [1.807, 2.05) is 53.4 Å². The number of hydrogen-bond donors (Lipinski definition) is 0. The summed E-state index contributed by atoms with van der Waals surface area (Å²) in [4.78, 5) is 4.33. The van der Waals surface area contributed by atoms with E-state index in [0.29, 0.717) is 18.4 Å². The minimum absolute atomic E-state index is 0.331. The maximum Gasteiger partial charge on any atom is 0.237 e. The minimum atomic E-state index is 0.331. The molecule has 0 aliphatic heterocycles. The molecule has 30 heavy (non-hydrogen) atoms. The average molecular weight is 403 g/mol. The zero-order valence-electron chi connectivity index (χ0n) is 17.3. The summed E-state index contributed by atoms with van der Waals surface area (Å²) in [6.07, 6.45) is 6.31. The van der Waals surface area contributed by atoms with E-state index in [1.165, 1.54) is 12.8 Å². The third kappa shape index (κ3) is 3.22. The van der Waals surface area contributed by atoms with Crippen molar-refractivity contribution in [2.24, 2.45) is 0 Å². The highest BCUT2D eigenvalue weighted by molar-refractivity contribution is 5.68. The number of nitrogens with zero attached hydrogens (tertiary/aromatic N) is 7. The summed E-state index contributed by atoms with van der Waals surface area (Å²) < 4.78 is 10.0. The van der Waals surface area contributed by atoms with Crippen LogP contribution in [0.15, 0.2) is 36.7 Å². The lowest BCUT2D eigenvalue weighted by molar-refractivity contribution is 0.271. The van der Waals surface area contributed by atoms with Gasteiger partial charge in [0.1, 0.15) is 12.9 Å². The Kier molecular flexibility index (Phi) is 4.90. The Hall–Kier alpha value is -3.29. The Bertz CT molecular complexity index is 1160.